The summed E-state index contributed by atoms with van der Waals surface area (Å²) in [6.07, 6.45) is -20.3. The molecule has 394 valence electrons. The molecule has 13 atom stereocenters. The fourth-order valence-electron chi connectivity index (χ4n) is 7.92. The Morgan fingerprint density at radius 1 is 0.750 bits per heavy atom. The van der Waals surface area contributed by atoms with Gasteiger partial charge in [-0.2, -0.15) is 13.2 Å². The van der Waals surface area contributed by atoms with Gasteiger partial charge in [0, 0.05) is 43.0 Å². The van der Waals surface area contributed by atoms with Crippen molar-refractivity contribution >= 4 is 40.5 Å². The maximum Gasteiger partial charge on any atom is 0.490 e. The second kappa shape index (κ2) is 26.6. The number of para-hydroxylation sites is 1. The van der Waals surface area contributed by atoms with Gasteiger partial charge in [-0.25, -0.2) is 4.79 Å². The Bertz CT molecular complexity index is 2380. The third-order valence-corrected chi connectivity index (χ3v) is 11.8. The monoisotopic (exact) mass is 1020 g/mol. The van der Waals surface area contributed by atoms with Gasteiger partial charge in [-0.1, -0.05) is 78.9 Å². The Hall–Kier alpha value is -6.10. The van der Waals surface area contributed by atoms with Crippen LogP contribution in [-0.4, -0.2) is 192 Å². The fraction of sp³-hybridized carbons (Fsp3) is 0.468. The number of fused-ring (bicyclic) bond motifs is 1. The number of carboxylic acids is 1. The SMILES string of the molecule is O=C(O)C(F)(F)F.O=C1C[C@@H](NC[C@H](O)[C@@H](O)[C@H](O[C@H]2O[C@H](CO)[C@@H](O)[C@H](O)[C@H]2O)[C@H](O)CO)C(=O)NC[C@@H](Cc2ccccc2)NC(=O)[C@H](Cc2ccccc2)NC(=O)[C@H](Cc2c[nH]c3ccccc23)N1. The number of aliphatic hydroxyl groups excluding tert-OH is 8. The van der Waals surface area contributed by atoms with Crippen molar-refractivity contribution in [2.75, 3.05) is 26.3 Å². The number of carbonyl (C=O) groups excluding carboxylic acids is 4. The topological polar surface area (TPSA) is 362 Å². The molecule has 25 heteroatoms. The number of aromatic nitrogens is 1. The molecule has 0 aliphatic carbocycles. The minimum absolute atomic E-state index is 0.0177. The number of alkyl halides is 3. The van der Waals surface area contributed by atoms with Crippen LogP contribution in [0.1, 0.15) is 23.1 Å². The molecule has 3 heterocycles. The highest BCUT2D eigenvalue weighted by atomic mass is 19.4. The van der Waals surface area contributed by atoms with E-state index < -0.39 is 141 Å². The summed E-state index contributed by atoms with van der Waals surface area (Å²) in [4.78, 5) is 68.6. The van der Waals surface area contributed by atoms with Gasteiger partial charge in [0.15, 0.2) is 6.29 Å². The smallest absolute Gasteiger partial charge is 0.475 e. The second-order valence-electron chi connectivity index (χ2n) is 17.1. The molecule has 15 N–H and O–H groups in total. The van der Waals surface area contributed by atoms with Crippen molar-refractivity contribution in [3.63, 3.8) is 0 Å². The summed E-state index contributed by atoms with van der Waals surface area (Å²) in [6, 6.07) is 21.1. The first-order valence-electron chi connectivity index (χ1n) is 22.7. The number of ether oxygens (including phenoxy) is 2. The van der Waals surface area contributed by atoms with Gasteiger partial charge >= 0.3 is 12.1 Å². The number of H-pyrrole nitrogens is 1. The number of carbonyl (C=O) groups is 5. The molecular weight excluding hydrogens is 962 g/mol. The van der Waals surface area contributed by atoms with Crippen LogP contribution < -0.4 is 26.6 Å². The molecule has 0 spiro atoms. The van der Waals surface area contributed by atoms with Crippen LogP contribution in [0.2, 0.25) is 0 Å². The molecule has 0 unspecified atom stereocenters. The van der Waals surface area contributed by atoms with E-state index in [2.05, 4.69) is 31.6 Å². The molecule has 4 aromatic rings. The summed E-state index contributed by atoms with van der Waals surface area (Å²) < 4.78 is 42.6. The van der Waals surface area contributed by atoms with Gasteiger partial charge in [0.2, 0.25) is 23.6 Å². The summed E-state index contributed by atoms with van der Waals surface area (Å²) in [7, 11) is 0. The summed E-state index contributed by atoms with van der Waals surface area (Å²) >= 11 is 0. The number of halogens is 3. The average Bonchev–Trinajstić information content (AvgIpc) is 3.77. The molecule has 2 aliphatic rings. The molecule has 22 nitrogen and oxygen atoms in total. The van der Waals surface area contributed by atoms with E-state index in [9.17, 15) is 73.2 Å². The maximum atomic E-state index is 14.3. The zero-order chi connectivity index (χ0) is 52.7. The third kappa shape index (κ3) is 15.9. The first-order valence-corrected chi connectivity index (χ1v) is 22.7. The summed E-state index contributed by atoms with van der Waals surface area (Å²) in [6.45, 7) is -2.63. The molecule has 6 rings (SSSR count). The van der Waals surface area contributed by atoms with Crippen molar-refractivity contribution in [1.29, 1.82) is 0 Å². The lowest BCUT2D eigenvalue weighted by Crippen LogP contribution is -2.62. The van der Waals surface area contributed by atoms with Crippen LogP contribution in [0.5, 0.6) is 0 Å². The predicted molar refractivity (Wildman–Crippen MR) is 245 cm³/mol. The highest BCUT2D eigenvalue weighted by Crippen LogP contribution is 2.25. The second-order valence-corrected chi connectivity index (χ2v) is 17.1. The molecular formula is C47H59F3N6O16. The van der Waals surface area contributed by atoms with Crippen molar-refractivity contribution in [1.82, 2.24) is 31.6 Å². The highest BCUT2D eigenvalue weighted by molar-refractivity contribution is 5.95. The molecule has 0 radical (unpaired) electrons. The van der Waals surface area contributed by atoms with Crippen LogP contribution in [0, 0.1) is 0 Å². The van der Waals surface area contributed by atoms with E-state index in [4.69, 9.17) is 19.4 Å². The lowest BCUT2D eigenvalue weighted by molar-refractivity contribution is -0.327. The lowest BCUT2D eigenvalue weighted by atomic mass is 9.98. The molecule has 2 fully saturated rings. The van der Waals surface area contributed by atoms with Gasteiger partial charge in [-0.3, -0.25) is 19.2 Å². The van der Waals surface area contributed by atoms with Gasteiger partial charge in [-0.15, -0.1) is 0 Å². The standard InChI is InChI=1S/C45H58N6O14.C2HF3O2/c52-22-34(55)41(65-45-40(60)39(59)38(58)35(23-53)64-45)37(57)33(54)21-47-30-18-36(56)50-32(17-26-19-46-29-14-8-7-13-28(26)29)44(63)51-31(16-25-11-5-2-6-12-25)43(62)49-27(20-48-42(30)61)15-24-9-3-1-4-10-24;3-2(4,5)1(6)7/h1-14,19,27,30-35,37-41,45-47,52-55,57-60H,15-18,20-23H2,(H,48,61)(H,49,62)(H,50,56)(H,51,63);(H,6,7)/t27-,30-,31+,32+,33+,34-,35-,37-,38-,39+,40-,41-,45-;/m1./s1. The van der Waals surface area contributed by atoms with Crippen molar-refractivity contribution in [3.8, 4) is 0 Å². The maximum absolute atomic E-state index is 14.3. The molecule has 2 aliphatic heterocycles. The van der Waals surface area contributed by atoms with Gasteiger partial charge in [0.1, 0.15) is 54.8 Å². The quantitative estimate of drug-likeness (QED) is 0.0533. The van der Waals surface area contributed by atoms with E-state index in [1.165, 1.54) is 0 Å². The predicted octanol–water partition coefficient (Wildman–Crippen LogP) is -2.98. The number of benzene rings is 3. The zero-order valence-corrected chi connectivity index (χ0v) is 38.3. The van der Waals surface area contributed by atoms with Crippen LogP contribution in [0.4, 0.5) is 13.2 Å². The number of amides is 4. The minimum Gasteiger partial charge on any atom is -0.475 e. The average molecular weight is 1020 g/mol. The minimum atomic E-state index is -5.08. The Balaban J connectivity index is 0.00000128. The number of carboxylic acid groups (broad SMARTS) is 1. The van der Waals surface area contributed by atoms with Gasteiger partial charge in [-0.05, 0) is 29.2 Å². The van der Waals surface area contributed by atoms with Crippen LogP contribution in [0.15, 0.2) is 91.1 Å². The molecule has 0 saturated carbocycles. The lowest BCUT2D eigenvalue weighted by Gasteiger charge is -2.42. The van der Waals surface area contributed by atoms with E-state index >= 15 is 0 Å². The molecule has 4 amide bonds. The Morgan fingerprint density at radius 2 is 1.33 bits per heavy atom. The zero-order valence-electron chi connectivity index (χ0n) is 38.3. The van der Waals surface area contributed by atoms with E-state index in [1.54, 1.807) is 6.20 Å². The van der Waals surface area contributed by atoms with Crippen LogP contribution in [0.3, 0.4) is 0 Å². The normalized spacial score (nSPS) is 26.3. The number of rotatable bonds is 16. The van der Waals surface area contributed by atoms with Gasteiger partial charge in [0.05, 0.1) is 37.8 Å². The third-order valence-electron chi connectivity index (χ3n) is 11.8. The first kappa shape index (κ1) is 56.8. The van der Waals surface area contributed by atoms with Gasteiger partial charge in [0.25, 0.3) is 0 Å². The van der Waals surface area contributed by atoms with E-state index in [-0.39, 0.29) is 25.8 Å². The molecule has 0 bridgehead atoms. The molecule has 72 heavy (non-hydrogen) atoms. The summed E-state index contributed by atoms with van der Waals surface area (Å²) in [5.74, 6) is -5.49. The molecule has 3 aromatic carbocycles. The number of aliphatic hydroxyl groups is 8. The first-order chi connectivity index (χ1) is 34.2. The Morgan fingerprint density at radius 3 is 1.94 bits per heavy atom. The number of hydrogen-bond acceptors (Lipinski definition) is 16. The Kier molecular flexibility index (Phi) is 21.0. The van der Waals surface area contributed by atoms with E-state index in [0.29, 0.717) is 5.56 Å². The van der Waals surface area contributed by atoms with Crippen LogP contribution in [-0.2, 0) is 52.7 Å². The number of hydrogen-bond donors (Lipinski definition) is 15. The van der Waals surface area contributed by atoms with Crippen LogP contribution >= 0.6 is 0 Å². The highest BCUT2D eigenvalue weighted by Gasteiger charge is 2.47. The summed E-state index contributed by atoms with van der Waals surface area (Å²) in [5, 5.41) is 105. The van der Waals surface area contributed by atoms with Crippen molar-refractivity contribution in [2.45, 2.75) is 111 Å². The van der Waals surface area contributed by atoms with E-state index in [0.717, 1.165) is 22.0 Å². The number of aliphatic carboxylic acids is 1. The molecule has 2 saturated heterocycles. The van der Waals surface area contributed by atoms with Gasteiger partial charge < -0.3 is 87.0 Å². The molecule has 1 aromatic heterocycles. The largest absolute Gasteiger partial charge is 0.490 e. The fourth-order valence-corrected chi connectivity index (χ4v) is 7.92. The van der Waals surface area contributed by atoms with Crippen molar-refractivity contribution < 1.29 is 92.6 Å². The van der Waals surface area contributed by atoms with E-state index in [1.807, 2.05) is 84.9 Å². The number of aromatic amines is 1. The van der Waals surface area contributed by atoms with Crippen molar-refractivity contribution in [2.24, 2.45) is 0 Å². The Labute approximate surface area is 409 Å². The number of nitrogens with one attached hydrogen (secondary N) is 6. The van der Waals surface area contributed by atoms with Crippen molar-refractivity contribution in [3.05, 3.63) is 108 Å². The van der Waals surface area contributed by atoms with Crippen LogP contribution in [0.25, 0.3) is 10.9 Å². The summed E-state index contributed by atoms with van der Waals surface area (Å²) in [5.41, 5.74) is 3.06.